The van der Waals surface area contributed by atoms with Gasteiger partial charge in [-0.15, -0.1) is 0 Å². The van der Waals surface area contributed by atoms with Gasteiger partial charge in [0.05, 0.1) is 7.11 Å². The van der Waals surface area contributed by atoms with E-state index < -0.39 is 10.9 Å². The van der Waals surface area contributed by atoms with E-state index in [-0.39, 0.29) is 22.8 Å². The van der Waals surface area contributed by atoms with Gasteiger partial charge < -0.3 is 25.4 Å². The monoisotopic (exact) mass is 453 g/mol. The lowest BCUT2D eigenvalue weighted by atomic mass is 9.93. The van der Waals surface area contributed by atoms with Crippen LogP contribution >= 0.6 is 0 Å². The van der Waals surface area contributed by atoms with Crippen molar-refractivity contribution in [3.63, 3.8) is 0 Å². The quantitative estimate of drug-likeness (QED) is 0.428. The van der Waals surface area contributed by atoms with Crippen LogP contribution in [0.1, 0.15) is 16.7 Å². The maximum Gasteiger partial charge on any atom is 0.253 e. The van der Waals surface area contributed by atoms with E-state index in [1.807, 2.05) is 20.2 Å². The second-order valence-electron chi connectivity index (χ2n) is 8.82. The van der Waals surface area contributed by atoms with Gasteiger partial charge in [0.1, 0.15) is 28.7 Å². The molecule has 0 spiro atoms. The van der Waals surface area contributed by atoms with Gasteiger partial charge in [0.2, 0.25) is 0 Å². The molecule has 0 saturated heterocycles. The summed E-state index contributed by atoms with van der Waals surface area (Å²) in [6.07, 6.45) is 1.99. The maximum atomic E-state index is 13.4. The number of phenols is 1. The smallest absolute Gasteiger partial charge is 0.253 e. The molecule has 0 radical (unpaired) electrons. The summed E-state index contributed by atoms with van der Waals surface area (Å²) in [6.45, 7) is 0.867. The number of rotatable bonds is 9. The van der Waals surface area contributed by atoms with Gasteiger partial charge in [-0.1, -0.05) is 12.1 Å². The summed E-state index contributed by atoms with van der Waals surface area (Å²) in [5.41, 5.74) is 2.28. The molecular formula is C25H28FN3O4. The first-order valence-corrected chi connectivity index (χ1v) is 10.9. The molecule has 174 valence electrons. The Morgan fingerprint density at radius 3 is 2.42 bits per heavy atom. The summed E-state index contributed by atoms with van der Waals surface area (Å²) in [5, 5.41) is 16.1. The highest BCUT2D eigenvalue weighted by Crippen LogP contribution is 2.35. The van der Waals surface area contributed by atoms with Crippen molar-refractivity contribution in [2.75, 3.05) is 44.9 Å². The fourth-order valence-corrected chi connectivity index (χ4v) is 4.55. The van der Waals surface area contributed by atoms with E-state index in [0.29, 0.717) is 30.9 Å². The van der Waals surface area contributed by atoms with Gasteiger partial charge in [-0.3, -0.25) is 9.59 Å². The van der Waals surface area contributed by atoms with Crippen LogP contribution < -0.4 is 26.2 Å². The van der Waals surface area contributed by atoms with E-state index in [2.05, 4.69) is 15.5 Å². The van der Waals surface area contributed by atoms with Gasteiger partial charge in [-0.25, -0.2) is 4.39 Å². The standard InChI is InChI=1S/C25H28FN3O4/c1-29(2)25(12-16-5-7-19(30)10-17(16)13-25)14-28-22-21(23(31)24(22)32)27-9-8-15-4-6-18(26)11-20(15)33-3/h4-7,10-11,27-28,30H,8-9,12-14H2,1-3H3. The molecule has 0 aromatic heterocycles. The van der Waals surface area contributed by atoms with Gasteiger partial charge in [-0.05, 0) is 68.2 Å². The van der Waals surface area contributed by atoms with E-state index in [9.17, 15) is 19.1 Å². The van der Waals surface area contributed by atoms with Gasteiger partial charge in [0.15, 0.2) is 0 Å². The normalized spacial score (nSPS) is 17.4. The molecule has 1 unspecified atom stereocenters. The van der Waals surface area contributed by atoms with Crippen molar-refractivity contribution >= 4 is 11.4 Å². The second-order valence-corrected chi connectivity index (χ2v) is 8.82. The molecule has 3 aromatic carbocycles. The molecular weight excluding hydrogens is 425 g/mol. The number of fused-ring (bicyclic) bond motifs is 1. The summed E-state index contributed by atoms with van der Waals surface area (Å²) in [7, 11) is 5.46. The van der Waals surface area contributed by atoms with Gasteiger partial charge in [0, 0.05) is 24.7 Å². The minimum Gasteiger partial charge on any atom is -0.508 e. The molecule has 1 aliphatic carbocycles. The Hall–Kier alpha value is -3.39. The summed E-state index contributed by atoms with van der Waals surface area (Å²) in [4.78, 5) is 26.6. The third-order valence-corrected chi connectivity index (χ3v) is 6.63. The summed E-state index contributed by atoms with van der Waals surface area (Å²) >= 11 is 0. The van der Waals surface area contributed by atoms with E-state index in [4.69, 9.17) is 4.74 Å². The number of hydrogen-bond acceptors (Lipinski definition) is 7. The maximum absolute atomic E-state index is 13.4. The van der Waals surface area contributed by atoms with Gasteiger partial charge in [0.25, 0.3) is 10.9 Å². The van der Waals surface area contributed by atoms with Crippen LogP contribution in [-0.2, 0) is 19.3 Å². The molecule has 7 nitrogen and oxygen atoms in total. The predicted octanol–water partition coefficient (Wildman–Crippen LogP) is 2.30. The van der Waals surface area contributed by atoms with Crippen LogP contribution in [-0.4, -0.2) is 49.8 Å². The van der Waals surface area contributed by atoms with E-state index in [1.165, 1.54) is 24.8 Å². The number of anilines is 2. The number of methoxy groups -OCH3 is 1. The molecule has 1 atom stereocenters. The van der Waals surface area contributed by atoms with Gasteiger partial charge in [-0.2, -0.15) is 0 Å². The molecule has 0 amide bonds. The zero-order valence-corrected chi connectivity index (χ0v) is 19.0. The Morgan fingerprint density at radius 2 is 1.73 bits per heavy atom. The van der Waals surface area contributed by atoms with Crippen LogP contribution in [0.2, 0.25) is 0 Å². The number of halogens is 1. The molecule has 33 heavy (non-hydrogen) atoms. The Balaban J connectivity index is 1.43. The number of ether oxygens (including phenoxy) is 1. The SMILES string of the molecule is COc1cc(F)ccc1CCNc1c(NCC2(N(C)C)Cc3ccc(O)cc3C2)c(=O)c1=O. The minimum atomic E-state index is -0.540. The van der Waals surface area contributed by atoms with Crippen molar-refractivity contribution in [1.82, 2.24) is 4.90 Å². The molecule has 0 saturated carbocycles. The fraction of sp³-hybridized carbons (Fsp3) is 0.360. The number of phenolic OH excluding ortho intramolecular Hbond substituents is 1. The summed E-state index contributed by atoms with van der Waals surface area (Å²) in [5.74, 6) is 0.305. The summed E-state index contributed by atoms with van der Waals surface area (Å²) in [6, 6.07) is 9.74. The Labute approximate surface area is 191 Å². The predicted molar refractivity (Wildman–Crippen MR) is 127 cm³/mol. The van der Waals surface area contributed by atoms with Crippen molar-refractivity contribution < 1.29 is 14.2 Å². The van der Waals surface area contributed by atoms with Crippen molar-refractivity contribution in [2.24, 2.45) is 0 Å². The second kappa shape index (κ2) is 8.86. The van der Waals surface area contributed by atoms with Crippen LogP contribution in [0.4, 0.5) is 15.8 Å². The first-order valence-electron chi connectivity index (χ1n) is 10.9. The minimum absolute atomic E-state index is 0.239. The number of hydrogen-bond donors (Lipinski definition) is 3. The Bertz CT molecular complexity index is 1250. The van der Waals surface area contributed by atoms with Crippen LogP contribution in [0.15, 0.2) is 46.0 Å². The van der Waals surface area contributed by atoms with Crippen LogP contribution in [0.25, 0.3) is 0 Å². The highest BCUT2D eigenvalue weighted by molar-refractivity contribution is 5.74. The molecule has 0 heterocycles. The third-order valence-electron chi connectivity index (χ3n) is 6.63. The summed E-state index contributed by atoms with van der Waals surface area (Å²) < 4.78 is 18.6. The average Bonchev–Trinajstić information content (AvgIpc) is 3.17. The topological polar surface area (TPSA) is 90.9 Å². The zero-order chi connectivity index (χ0) is 23.8. The molecule has 4 rings (SSSR count). The van der Waals surface area contributed by atoms with Crippen molar-refractivity contribution in [1.29, 1.82) is 0 Å². The van der Waals surface area contributed by atoms with Crippen molar-refractivity contribution in [2.45, 2.75) is 24.8 Å². The first-order chi connectivity index (χ1) is 15.7. The van der Waals surface area contributed by atoms with Gasteiger partial charge >= 0.3 is 0 Å². The molecule has 3 aromatic rings. The number of likely N-dealkylation sites (N-methyl/N-ethyl adjacent to an activating group) is 1. The number of nitrogens with zero attached hydrogens (tertiary/aromatic N) is 1. The first kappa shape index (κ1) is 22.8. The lowest BCUT2D eigenvalue weighted by Gasteiger charge is -2.37. The van der Waals surface area contributed by atoms with Crippen LogP contribution in [0.3, 0.4) is 0 Å². The largest absolute Gasteiger partial charge is 0.508 e. The average molecular weight is 454 g/mol. The van der Waals surface area contributed by atoms with E-state index >= 15 is 0 Å². The lowest BCUT2D eigenvalue weighted by molar-refractivity contribution is 0.176. The van der Waals surface area contributed by atoms with Crippen molar-refractivity contribution in [3.8, 4) is 11.5 Å². The van der Waals surface area contributed by atoms with E-state index in [0.717, 1.165) is 24.0 Å². The fourth-order valence-electron chi connectivity index (χ4n) is 4.55. The Kier molecular flexibility index (Phi) is 6.12. The van der Waals surface area contributed by atoms with Crippen molar-refractivity contribution in [3.05, 3.63) is 79.4 Å². The van der Waals surface area contributed by atoms with E-state index in [1.54, 1.807) is 18.2 Å². The lowest BCUT2D eigenvalue weighted by Crippen LogP contribution is -2.52. The third kappa shape index (κ3) is 4.30. The van der Waals surface area contributed by atoms with Crippen LogP contribution in [0, 0.1) is 5.82 Å². The molecule has 0 bridgehead atoms. The molecule has 0 fully saturated rings. The number of aromatic hydroxyl groups is 1. The number of benzene rings is 2. The molecule has 1 aliphatic rings. The Morgan fingerprint density at radius 1 is 1.03 bits per heavy atom. The van der Waals surface area contributed by atoms with Crippen LogP contribution in [0.5, 0.6) is 11.5 Å². The highest BCUT2D eigenvalue weighted by Gasteiger charge is 2.40. The molecule has 8 heteroatoms. The molecule has 0 aliphatic heterocycles. The highest BCUT2D eigenvalue weighted by atomic mass is 19.1. The number of nitrogens with one attached hydrogen (secondary N) is 2. The molecule has 3 N–H and O–H groups in total. The zero-order valence-electron chi connectivity index (χ0n) is 19.0.